The van der Waals surface area contributed by atoms with Gasteiger partial charge in [0.15, 0.2) is 0 Å². The number of fused-ring (bicyclic) bond motifs is 2. The standard InChI is InChI=1S/C22H20Cl2N2/c23-17-12-19-18(7-3-4-10-25)21(26-22(19)20(24)13-17)16-9-8-14-5-1-2-6-15(14)11-16/h1-2,5-6,8-9,11-13,26H,3-4,7,10,25H2. The largest absolute Gasteiger partial charge is 0.353 e. The topological polar surface area (TPSA) is 41.8 Å². The number of nitrogens with one attached hydrogen (secondary N) is 1. The molecule has 2 nitrogen and oxygen atoms in total. The number of aryl methyl sites for hydroxylation is 1. The summed E-state index contributed by atoms with van der Waals surface area (Å²) < 4.78 is 0. The van der Waals surface area contributed by atoms with Crippen LogP contribution in [0.3, 0.4) is 0 Å². The van der Waals surface area contributed by atoms with Crippen molar-refractivity contribution in [3.63, 3.8) is 0 Å². The second kappa shape index (κ2) is 7.32. The van der Waals surface area contributed by atoms with Crippen LogP contribution in [0.4, 0.5) is 0 Å². The highest BCUT2D eigenvalue weighted by molar-refractivity contribution is 6.38. The monoisotopic (exact) mass is 382 g/mol. The van der Waals surface area contributed by atoms with Crippen LogP contribution in [0, 0.1) is 0 Å². The molecule has 132 valence electrons. The maximum atomic E-state index is 6.46. The Morgan fingerprint density at radius 3 is 2.50 bits per heavy atom. The second-order valence-electron chi connectivity index (χ2n) is 6.60. The lowest BCUT2D eigenvalue weighted by Gasteiger charge is -2.07. The zero-order chi connectivity index (χ0) is 18.1. The molecule has 0 aliphatic rings. The Morgan fingerprint density at radius 2 is 1.69 bits per heavy atom. The van der Waals surface area contributed by atoms with E-state index in [1.54, 1.807) is 6.07 Å². The third kappa shape index (κ3) is 3.21. The molecule has 0 amide bonds. The summed E-state index contributed by atoms with van der Waals surface area (Å²) in [4.78, 5) is 3.55. The van der Waals surface area contributed by atoms with Crippen molar-refractivity contribution in [2.24, 2.45) is 5.73 Å². The first kappa shape index (κ1) is 17.4. The van der Waals surface area contributed by atoms with Gasteiger partial charge in [-0.1, -0.05) is 59.6 Å². The number of hydrogen-bond acceptors (Lipinski definition) is 1. The fourth-order valence-electron chi connectivity index (χ4n) is 3.57. The summed E-state index contributed by atoms with van der Waals surface area (Å²) >= 11 is 12.7. The lowest BCUT2D eigenvalue weighted by Crippen LogP contribution is -1.99. The Hall–Kier alpha value is -2.00. The number of aromatic amines is 1. The highest BCUT2D eigenvalue weighted by atomic mass is 35.5. The van der Waals surface area contributed by atoms with Crippen molar-refractivity contribution in [2.45, 2.75) is 19.3 Å². The van der Waals surface area contributed by atoms with Crippen molar-refractivity contribution in [1.29, 1.82) is 0 Å². The van der Waals surface area contributed by atoms with Crippen LogP contribution in [0.25, 0.3) is 32.9 Å². The fraction of sp³-hybridized carbons (Fsp3) is 0.182. The quantitative estimate of drug-likeness (QED) is 0.376. The van der Waals surface area contributed by atoms with Crippen LogP contribution in [-0.2, 0) is 6.42 Å². The highest BCUT2D eigenvalue weighted by Gasteiger charge is 2.16. The van der Waals surface area contributed by atoms with Gasteiger partial charge in [0, 0.05) is 16.1 Å². The van der Waals surface area contributed by atoms with Gasteiger partial charge in [-0.05, 0) is 65.9 Å². The third-order valence-corrected chi connectivity index (χ3v) is 5.37. The summed E-state index contributed by atoms with van der Waals surface area (Å²) in [6.07, 6.45) is 2.97. The summed E-state index contributed by atoms with van der Waals surface area (Å²) in [5.74, 6) is 0. The van der Waals surface area contributed by atoms with Gasteiger partial charge in [0.2, 0.25) is 0 Å². The molecule has 0 saturated carbocycles. The van der Waals surface area contributed by atoms with E-state index in [9.17, 15) is 0 Å². The van der Waals surface area contributed by atoms with Crippen LogP contribution in [0.2, 0.25) is 10.0 Å². The molecule has 4 heteroatoms. The van der Waals surface area contributed by atoms with Gasteiger partial charge in [0.1, 0.15) is 0 Å². The molecule has 0 aliphatic heterocycles. The van der Waals surface area contributed by atoms with E-state index < -0.39 is 0 Å². The fourth-order valence-corrected chi connectivity index (χ4v) is 4.11. The van der Waals surface area contributed by atoms with E-state index in [2.05, 4.69) is 47.4 Å². The first-order valence-electron chi connectivity index (χ1n) is 8.86. The molecule has 0 fully saturated rings. The molecule has 0 aliphatic carbocycles. The Morgan fingerprint density at radius 1 is 0.885 bits per heavy atom. The molecule has 4 aromatic rings. The summed E-state index contributed by atoms with van der Waals surface area (Å²) in [7, 11) is 0. The Kier molecular flexibility index (Phi) is 4.90. The van der Waals surface area contributed by atoms with Crippen LogP contribution in [-0.4, -0.2) is 11.5 Å². The van der Waals surface area contributed by atoms with Gasteiger partial charge in [0.05, 0.1) is 10.5 Å². The number of nitrogens with two attached hydrogens (primary N) is 1. The molecule has 4 rings (SSSR count). The van der Waals surface area contributed by atoms with Crippen molar-refractivity contribution in [3.05, 3.63) is 70.2 Å². The van der Waals surface area contributed by atoms with Gasteiger partial charge in [0.25, 0.3) is 0 Å². The summed E-state index contributed by atoms with van der Waals surface area (Å²) in [6.45, 7) is 0.704. The van der Waals surface area contributed by atoms with E-state index >= 15 is 0 Å². The van der Waals surface area contributed by atoms with Gasteiger partial charge in [-0.3, -0.25) is 0 Å². The zero-order valence-corrected chi connectivity index (χ0v) is 15.9. The van der Waals surface area contributed by atoms with Gasteiger partial charge in [-0.25, -0.2) is 0 Å². The predicted molar refractivity (Wildman–Crippen MR) is 113 cm³/mol. The van der Waals surface area contributed by atoms with Crippen LogP contribution in [0.5, 0.6) is 0 Å². The van der Waals surface area contributed by atoms with Crippen LogP contribution in [0.1, 0.15) is 18.4 Å². The molecular weight excluding hydrogens is 363 g/mol. The number of hydrogen-bond donors (Lipinski definition) is 2. The van der Waals surface area contributed by atoms with Crippen LogP contribution >= 0.6 is 23.2 Å². The van der Waals surface area contributed by atoms with E-state index in [1.807, 2.05) is 6.07 Å². The van der Waals surface area contributed by atoms with Crippen molar-refractivity contribution >= 4 is 44.9 Å². The summed E-state index contributed by atoms with van der Waals surface area (Å²) in [5.41, 5.74) is 10.2. The molecule has 0 radical (unpaired) electrons. The molecule has 0 unspecified atom stereocenters. The molecule has 26 heavy (non-hydrogen) atoms. The molecular formula is C22H20Cl2N2. The van der Waals surface area contributed by atoms with Crippen molar-refractivity contribution < 1.29 is 0 Å². The maximum absolute atomic E-state index is 6.46. The number of H-pyrrole nitrogens is 1. The van der Waals surface area contributed by atoms with Crippen molar-refractivity contribution in [1.82, 2.24) is 4.98 Å². The molecule has 0 saturated heterocycles. The number of rotatable bonds is 5. The first-order valence-corrected chi connectivity index (χ1v) is 9.62. The Labute approximate surface area is 162 Å². The number of halogens is 2. The molecule has 3 N–H and O–H groups in total. The second-order valence-corrected chi connectivity index (χ2v) is 7.44. The van der Waals surface area contributed by atoms with Crippen LogP contribution in [0.15, 0.2) is 54.6 Å². The molecule has 0 spiro atoms. The lowest BCUT2D eigenvalue weighted by atomic mass is 9.98. The van der Waals surface area contributed by atoms with E-state index in [0.717, 1.165) is 41.4 Å². The number of unbranched alkanes of at least 4 members (excludes halogenated alkanes) is 1. The average Bonchev–Trinajstić information content (AvgIpc) is 3.00. The Balaban J connectivity index is 1.91. The van der Waals surface area contributed by atoms with E-state index in [4.69, 9.17) is 28.9 Å². The summed E-state index contributed by atoms with van der Waals surface area (Å²) in [5, 5.41) is 4.87. The van der Waals surface area contributed by atoms with Crippen molar-refractivity contribution in [3.8, 4) is 11.3 Å². The minimum absolute atomic E-state index is 0.652. The highest BCUT2D eigenvalue weighted by Crippen LogP contribution is 2.37. The van der Waals surface area contributed by atoms with E-state index in [0.29, 0.717) is 16.6 Å². The number of benzene rings is 3. The molecule has 0 atom stereocenters. The van der Waals surface area contributed by atoms with Gasteiger partial charge in [-0.15, -0.1) is 0 Å². The van der Waals surface area contributed by atoms with Gasteiger partial charge >= 0.3 is 0 Å². The average molecular weight is 383 g/mol. The van der Waals surface area contributed by atoms with E-state index in [-0.39, 0.29) is 0 Å². The lowest BCUT2D eigenvalue weighted by molar-refractivity contribution is 0.748. The zero-order valence-electron chi connectivity index (χ0n) is 14.4. The SMILES string of the molecule is NCCCCc1c(-c2ccc3ccccc3c2)[nH]c2c(Cl)cc(Cl)cc12. The third-order valence-electron chi connectivity index (χ3n) is 4.85. The van der Waals surface area contributed by atoms with Crippen molar-refractivity contribution in [2.75, 3.05) is 6.54 Å². The molecule has 1 heterocycles. The van der Waals surface area contributed by atoms with Gasteiger partial charge < -0.3 is 10.7 Å². The smallest absolute Gasteiger partial charge is 0.0662 e. The summed E-state index contributed by atoms with van der Waals surface area (Å²) in [6, 6.07) is 18.7. The Bertz CT molecular complexity index is 1080. The maximum Gasteiger partial charge on any atom is 0.0662 e. The molecule has 3 aromatic carbocycles. The normalized spacial score (nSPS) is 11.5. The van der Waals surface area contributed by atoms with Crippen LogP contribution < -0.4 is 5.73 Å². The minimum atomic E-state index is 0.652. The molecule has 0 bridgehead atoms. The van der Waals surface area contributed by atoms with E-state index in [1.165, 1.54) is 16.3 Å². The minimum Gasteiger partial charge on any atom is -0.353 e. The molecule has 1 aromatic heterocycles. The predicted octanol–water partition coefficient (Wildman–Crippen LogP) is 6.58. The number of aromatic nitrogens is 1. The first-order chi connectivity index (χ1) is 12.7. The van der Waals surface area contributed by atoms with Gasteiger partial charge in [-0.2, -0.15) is 0 Å².